The molecule has 0 atom stereocenters. The maximum atomic E-state index is 12.7. The Morgan fingerprint density at radius 3 is 2.53 bits per heavy atom. The molecule has 2 nitrogen and oxygen atoms in total. The van der Waals surface area contributed by atoms with Crippen LogP contribution in [0.5, 0.6) is 0 Å². The van der Waals surface area contributed by atoms with Gasteiger partial charge in [0.2, 0.25) is 0 Å². The van der Waals surface area contributed by atoms with Crippen LogP contribution in [0.1, 0.15) is 5.56 Å². The first-order valence-corrected chi connectivity index (χ1v) is 5.65. The lowest BCUT2D eigenvalue weighted by Crippen LogP contribution is -2.04. The van der Waals surface area contributed by atoms with Crippen LogP contribution < -0.4 is 0 Å². The van der Waals surface area contributed by atoms with Crippen molar-refractivity contribution in [2.75, 3.05) is 0 Å². The van der Waals surface area contributed by atoms with Crippen LogP contribution >= 0.6 is 0 Å². The van der Waals surface area contributed by atoms with Gasteiger partial charge in [-0.2, -0.15) is 13.2 Å². The molecule has 0 amide bonds. The third kappa shape index (κ3) is 2.19. The van der Waals surface area contributed by atoms with Gasteiger partial charge in [-0.1, -0.05) is 18.2 Å². The smallest absolute Gasteiger partial charge is 0.345 e. The molecule has 0 aliphatic rings. The third-order valence-electron chi connectivity index (χ3n) is 2.94. The molecule has 0 fully saturated rings. The van der Waals surface area contributed by atoms with Gasteiger partial charge in [0.15, 0.2) is 0 Å². The Morgan fingerprint density at radius 1 is 0.947 bits per heavy atom. The number of hydrogen-bond donors (Lipinski definition) is 1. The van der Waals surface area contributed by atoms with Gasteiger partial charge in [0, 0.05) is 0 Å². The topological polar surface area (TPSA) is 28.7 Å². The number of nitrogens with one attached hydrogen (secondary N) is 1. The lowest BCUT2D eigenvalue weighted by molar-refractivity contribution is -0.137. The molecule has 0 saturated heterocycles. The van der Waals surface area contributed by atoms with Crippen LogP contribution in [0.2, 0.25) is 0 Å². The molecule has 1 aromatic heterocycles. The van der Waals surface area contributed by atoms with Gasteiger partial charge in [0.1, 0.15) is 0 Å². The van der Waals surface area contributed by atoms with Crippen molar-refractivity contribution < 1.29 is 13.2 Å². The third-order valence-corrected chi connectivity index (χ3v) is 2.94. The summed E-state index contributed by atoms with van der Waals surface area (Å²) in [5, 5.41) is 0. The number of aromatic amines is 1. The number of benzene rings is 2. The Morgan fingerprint density at radius 2 is 1.74 bits per heavy atom. The molecule has 0 aliphatic carbocycles. The van der Waals surface area contributed by atoms with Crippen LogP contribution in [-0.2, 0) is 6.18 Å². The first kappa shape index (κ1) is 11.8. The lowest BCUT2D eigenvalue weighted by atomic mass is 10.0. The van der Waals surface area contributed by atoms with Crippen LogP contribution in [-0.4, -0.2) is 9.97 Å². The van der Waals surface area contributed by atoms with Crippen molar-refractivity contribution in [2.45, 2.75) is 6.18 Å². The molecule has 96 valence electrons. The molecule has 5 heteroatoms. The molecule has 3 aromatic rings. The Balaban J connectivity index is 2.10. The number of fused-ring (bicyclic) bond motifs is 1. The van der Waals surface area contributed by atoms with Crippen molar-refractivity contribution in [2.24, 2.45) is 0 Å². The normalized spacial score (nSPS) is 11.9. The van der Waals surface area contributed by atoms with E-state index in [0.717, 1.165) is 28.7 Å². The highest BCUT2D eigenvalue weighted by molar-refractivity contribution is 5.81. The van der Waals surface area contributed by atoms with Gasteiger partial charge in [-0.25, -0.2) is 4.98 Å². The molecule has 0 bridgehead atoms. The summed E-state index contributed by atoms with van der Waals surface area (Å²) >= 11 is 0. The lowest BCUT2D eigenvalue weighted by Gasteiger charge is -2.08. The minimum Gasteiger partial charge on any atom is -0.345 e. The predicted molar refractivity (Wildman–Crippen MR) is 66.5 cm³/mol. The molecule has 1 heterocycles. The van der Waals surface area contributed by atoms with Crippen LogP contribution in [0, 0.1) is 0 Å². The minimum absolute atomic E-state index is 0.534. The van der Waals surface area contributed by atoms with E-state index in [1.807, 2.05) is 0 Å². The van der Waals surface area contributed by atoms with E-state index in [1.165, 1.54) is 6.07 Å². The van der Waals surface area contributed by atoms with Crippen LogP contribution in [0.3, 0.4) is 0 Å². The zero-order valence-electron chi connectivity index (χ0n) is 9.70. The molecule has 19 heavy (non-hydrogen) atoms. The average Bonchev–Trinajstić information content (AvgIpc) is 2.85. The van der Waals surface area contributed by atoms with E-state index in [9.17, 15) is 13.2 Å². The zero-order chi connectivity index (χ0) is 13.5. The molecule has 0 radical (unpaired) electrons. The van der Waals surface area contributed by atoms with Crippen molar-refractivity contribution in [1.29, 1.82) is 0 Å². The van der Waals surface area contributed by atoms with Gasteiger partial charge >= 0.3 is 6.18 Å². The summed E-state index contributed by atoms with van der Waals surface area (Å²) in [5.41, 5.74) is 2.20. The molecule has 0 unspecified atom stereocenters. The van der Waals surface area contributed by atoms with Gasteiger partial charge in [-0.15, -0.1) is 0 Å². The highest BCUT2D eigenvalue weighted by Crippen LogP contribution is 2.32. The zero-order valence-corrected chi connectivity index (χ0v) is 9.70. The Kier molecular flexibility index (Phi) is 2.55. The summed E-state index contributed by atoms with van der Waals surface area (Å²) in [6, 6.07) is 10.6. The van der Waals surface area contributed by atoms with Gasteiger partial charge < -0.3 is 4.98 Å². The number of H-pyrrole nitrogens is 1. The van der Waals surface area contributed by atoms with Gasteiger partial charge in [-0.3, -0.25) is 0 Å². The molecule has 0 saturated carbocycles. The van der Waals surface area contributed by atoms with Crippen molar-refractivity contribution in [3.63, 3.8) is 0 Å². The van der Waals surface area contributed by atoms with Gasteiger partial charge in [0.05, 0.1) is 22.9 Å². The molecule has 0 aliphatic heterocycles. The molecular formula is C14H9F3N2. The second-order valence-corrected chi connectivity index (χ2v) is 4.21. The first-order chi connectivity index (χ1) is 9.04. The van der Waals surface area contributed by atoms with Gasteiger partial charge in [-0.05, 0) is 35.4 Å². The SMILES string of the molecule is FC(F)(F)c1cccc(-c2ccc3nc[nH]c3c2)c1. The maximum absolute atomic E-state index is 12.7. The summed E-state index contributed by atoms with van der Waals surface area (Å²) in [4.78, 5) is 7.02. The number of nitrogens with zero attached hydrogens (tertiary/aromatic N) is 1. The standard InChI is InChI=1S/C14H9F3N2/c15-14(16,17)11-3-1-2-9(6-11)10-4-5-12-13(7-10)19-8-18-12/h1-8H,(H,18,19). The van der Waals surface area contributed by atoms with E-state index in [2.05, 4.69) is 9.97 Å². The number of alkyl halides is 3. The first-order valence-electron chi connectivity index (χ1n) is 5.65. The summed E-state index contributed by atoms with van der Waals surface area (Å²) in [6.07, 6.45) is -2.77. The van der Waals surface area contributed by atoms with Crippen LogP contribution in [0.15, 0.2) is 48.8 Å². The molecule has 1 N–H and O–H groups in total. The van der Waals surface area contributed by atoms with E-state index in [0.29, 0.717) is 5.56 Å². The van der Waals surface area contributed by atoms with Gasteiger partial charge in [0.25, 0.3) is 0 Å². The van der Waals surface area contributed by atoms with Crippen molar-refractivity contribution in [3.8, 4) is 11.1 Å². The van der Waals surface area contributed by atoms with Crippen molar-refractivity contribution in [1.82, 2.24) is 9.97 Å². The number of aromatic nitrogens is 2. The number of rotatable bonds is 1. The highest BCUT2D eigenvalue weighted by atomic mass is 19.4. The van der Waals surface area contributed by atoms with Crippen LogP contribution in [0.4, 0.5) is 13.2 Å². The van der Waals surface area contributed by atoms with E-state index < -0.39 is 11.7 Å². The average molecular weight is 262 g/mol. The van der Waals surface area contributed by atoms with Crippen LogP contribution in [0.25, 0.3) is 22.2 Å². The predicted octanol–water partition coefficient (Wildman–Crippen LogP) is 4.25. The monoisotopic (exact) mass is 262 g/mol. The maximum Gasteiger partial charge on any atom is 0.416 e. The molecule has 0 spiro atoms. The fraction of sp³-hybridized carbons (Fsp3) is 0.0714. The van der Waals surface area contributed by atoms with E-state index >= 15 is 0 Å². The second kappa shape index (κ2) is 4.12. The highest BCUT2D eigenvalue weighted by Gasteiger charge is 2.30. The van der Waals surface area contributed by atoms with E-state index in [-0.39, 0.29) is 0 Å². The largest absolute Gasteiger partial charge is 0.416 e. The number of hydrogen-bond acceptors (Lipinski definition) is 1. The molecular weight excluding hydrogens is 253 g/mol. The molecule has 2 aromatic carbocycles. The summed E-state index contributed by atoms with van der Waals surface area (Å²) in [7, 11) is 0. The minimum atomic E-state index is -4.33. The van der Waals surface area contributed by atoms with E-state index in [1.54, 1.807) is 30.6 Å². The number of imidazole rings is 1. The Labute approximate surface area is 106 Å². The second-order valence-electron chi connectivity index (χ2n) is 4.21. The fourth-order valence-electron chi connectivity index (χ4n) is 1.99. The summed E-state index contributed by atoms with van der Waals surface area (Å²) < 4.78 is 38.0. The Bertz CT molecular complexity index is 729. The quantitative estimate of drug-likeness (QED) is 0.697. The fourth-order valence-corrected chi connectivity index (χ4v) is 1.99. The van der Waals surface area contributed by atoms with E-state index in [4.69, 9.17) is 0 Å². The van der Waals surface area contributed by atoms with Crippen molar-refractivity contribution in [3.05, 3.63) is 54.4 Å². The van der Waals surface area contributed by atoms with Crippen molar-refractivity contribution >= 4 is 11.0 Å². The summed E-state index contributed by atoms with van der Waals surface area (Å²) in [5.74, 6) is 0. The summed E-state index contributed by atoms with van der Waals surface area (Å²) in [6.45, 7) is 0. The number of halogens is 3. The Hall–Kier alpha value is -2.30. The molecule has 3 rings (SSSR count).